The maximum atomic E-state index is 14.9. The van der Waals surface area contributed by atoms with E-state index in [4.69, 9.17) is 0 Å². The van der Waals surface area contributed by atoms with Crippen molar-refractivity contribution in [2.24, 2.45) is 0 Å². The molecule has 0 amide bonds. The lowest BCUT2D eigenvalue weighted by atomic mass is 10.2. The first kappa shape index (κ1) is 48.6. The molecule has 58 heavy (non-hydrogen) atoms. The van der Waals surface area contributed by atoms with Crippen molar-refractivity contribution in [2.45, 2.75) is 161 Å². The van der Waals surface area contributed by atoms with E-state index in [1.807, 2.05) is 30.3 Å². The van der Waals surface area contributed by atoms with Crippen LogP contribution in [0.15, 0.2) is 103 Å². The summed E-state index contributed by atoms with van der Waals surface area (Å²) < 4.78 is 47.0. The molecule has 0 heterocycles. The second kappa shape index (κ2) is 24.4. The van der Waals surface area contributed by atoms with Crippen LogP contribution in [0.4, 0.5) is 13.2 Å². The molecule has 1 unspecified atom stereocenters. The summed E-state index contributed by atoms with van der Waals surface area (Å²) in [6, 6.07) is 43.7. The van der Waals surface area contributed by atoms with E-state index in [1.165, 1.54) is 136 Å². The minimum absolute atomic E-state index is 0.370. The molecule has 4 rings (SSSR count). The van der Waals surface area contributed by atoms with Crippen LogP contribution < -0.4 is 31.6 Å². The normalized spacial score (nSPS) is 13.1. The van der Waals surface area contributed by atoms with Gasteiger partial charge in [-0.05, 0) is 29.0 Å². The maximum absolute atomic E-state index is 14.9. The summed E-state index contributed by atoms with van der Waals surface area (Å²) in [5, 5.41) is 6.90. The van der Waals surface area contributed by atoms with E-state index < -0.39 is 44.0 Å². The zero-order chi connectivity index (χ0) is 42.0. The van der Waals surface area contributed by atoms with Crippen LogP contribution in [0, 0.1) is 0 Å². The van der Waals surface area contributed by atoms with Gasteiger partial charge in [0.2, 0.25) is 0 Å². The molecule has 0 N–H and O–H groups in total. The highest BCUT2D eigenvalue weighted by Gasteiger charge is 2.39. The Hall–Kier alpha value is -2.08. The molecule has 4 aromatic rings. The summed E-state index contributed by atoms with van der Waals surface area (Å²) >= 11 is 0. The number of unbranched alkanes of at least 4 members (excludes halogenated alkanes) is 6. The lowest BCUT2D eigenvalue weighted by Crippen LogP contribution is -2.48. The van der Waals surface area contributed by atoms with Crippen molar-refractivity contribution in [2.75, 3.05) is 7.05 Å². The summed E-state index contributed by atoms with van der Waals surface area (Å²) in [6.45, 7) is 13.9. The Morgan fingerprint density at radius 2 is 0.759 bits per heavy atom. The van der Waals surface area contributed by atoms with Crippen LogP contribution >= 0.6 is 16.1 Å². The van der Waals surface area contributed by atoms with Crippen LogP contribution in [-0.4, -0.2) is 27.6 Å². The van der Waals surface area contributed by atoms with Gasteiger partial charge in [-0.3, -0.25) is 0 Å². The van der Waals surface area contributed by atoms with Crippen molar-refractivity contribution in [3.8, 4) is 0 Å². The molecule has 318 valence electrons. The zero-order valence-electron chi connectivity index (χ0n) is 37.0. The Balaban J connectivity index is 1.95. The van der Waals surface area contributed by atoms with Gasteiger partial charge in [-0.25, -0.2) is 4.44 Å². The number of nitrogens with zero attached hydrogens (tertiary/aromatic N) is 1. The van der Waals surface area contributed by atoms with E-state index in [9.17, 15) is 13.2 Å². The second-order valence-electron chi connectivity index (χ2n) is 16.7. The molecule has 0 saturated heterocycles. The van der Waals surface area contributed by atoms with Gasteiger partial charge in [-0.15, -0.1) is 0 Å². The third-order valence-electron chi connectivity index (χ3n) is 12.5. The zero-order valence-corrected chi connectivity index (χ0v) is 40.8. The highest BCUT2D eigenvalue weighted by Crippen LogP contribution is 2.54. The van der Waals surface area contributed by atoms with E-state index >= 15 is 0 Å². The molecule has 0 aromatic heterocycles. The van der Waals surface area contributed by atoms with Crippen LogP contribution in [0.2, 0.25) is 36.3 Å². The van der Waals surface area contributed by atoms with Crippen LogP contribution in [0.25, 0.3) is 0 Å². The molecular weight excluding hydrogens is 790 g/mol. The molecule has 0 radical (unpaired) electrons. The number of hydrogen-bond acceptors (Lipinski definition) is 1. The van der Waals surface area contributed by atoms with Crippen LogP contribution in [0.5, 0.6) is 0 Å². The number of hydrogen-bond donors (Lipinski definition) is 0. The predicted molar refractivity (Wildman–Crippen MR) is 260 cm³/mol. The van der Waals surface area contributed by atoms with Gasteiger partial charge in [0, 0.05) is 21.4 Å². The molecular formula is C50H74F3NP2Si2. The minimum Gasteiger partial charge on any atom is -0.248 e. The van der Waals surface area contributed by atoms with Crippen molar-refractivity contribution in [3.05, 3.63) is 109 Å². The lowest BCUT2D eigenvalue weighted by molar-refractivity contribution is -0.136. The van der Waals surface area contributed by atoms with Gasteiger partial charge >= 0.3 is 6.18 Å². The quantitative estimate of drug-likeness (QED) is 0.0449. The van der Waals surface area contributed by atoms with E-state index in [-0.39, 0.29) is 0 Å². The Morgan fingerprint density at radius 1 is 0.431 bits per heavy atom. The first-order valence-electron chi connectivity index (χ1n) is 22.8. The molecule has 0 aliphatic carbocycles. The third-order valence-corrected chi connectivity index (χ3v) is 28.9. The topological polar surface area (TPSA) is 3.24 Å². The van der Waals surface area contributed by atoms with E-state index in [1.54, 1.807) is 22.5 Å². The first-order valence-corrected chi connectivity index (χ1v) is 30.6. The number of alkyl halides is 3. The Morgan fingerprint density at radius 3 is 1.10 bits per heavy atom. The lowest BCUT2D eigenvalue weighted by Gasteiger charge is -2.38. The molecule has 1 nitrogen and oxygen atoms in total. The standard InChI is InChI=1S/C50H74F3NP2Si2/c1-8-14-37-57(38-15-9-2,39-16-10-3)46-33-29-44(30-34-46)55(45-31-35-47(36-32-45)58(40-17-11-4,41-18-12-5)42-19-13-6)54(7)56(43-25-21-20-22-26-43)49-28-24-23-27-48(49)50(51,52)53/h20-36H,8-19,37-42H2,1-7H3. The van der Waals surface area contributed by atoms with Gasteiger partial charge in [0.15, 0.2) is 0 Å². The molecule has 0 spiro atoms. The highest BCUT2D eigenvalue weighted by atomic mass is 31.2. The first-order chi connectivity index (χ1) is 28.0. The largest absolute Gasteiger partial charge is 0.417 e. The van der Waals surface area contributed by atoms with Crippen LogP contribution in [-0.2, 0) is 6.18 Å². The fourth-order valence-corrected chi connectivity index (χ4v) is 26.1. The van der Waals surface area contributed by atoms with Gasteiger partial charge in [-0.1, -0.05) is 262 Å². The molecule has 0 saturated carbocycles. The number of halogens is 3. The van der Waals surface area contributed by atoms with Crippen molar-refractivity contribution in [3.63, 3.8) is 0 Å². The molecule has 8 heteroatoms. The minimum atomic E-state index is -4.45. The SMILES string of the molecule is CCCC[Si](CCCC)(CCCC)c1ccc(P(c2ccc([Si](CCCC)(CCCC)CCCC)cc2)N(C)P(c2ccccc2)c2ccccc2C(F)(F)F)cc1. The summed E-state index contributed by atoms with van der Waals surface area (Å²) in [7, 11) is -4.09. The summed E-state index contributed by atoms with van der Waals surface area (Å²) in [5.74, 6) is 0. The van der Waals surface area contributed by atoms with Crippen LogP contribution in [0.3, 0.4) is 0 Å². The summed E-state index contributed by atoms with van der Waals surface area (Å²) in [4.78, 5) is 0. The maximum Gasteiger partial charge on any atom is 0.417 e. The van der Waals surface area contributed by atoms with Gasteiger partial charge in [0.25, 0.3) is 0 Å². The summed E-state index contributed by atoms with van der Waals surface area (Å²) in [5.41, 5.74) is -0.533. The predicted octanol–water partition coefficient (Wildman–Crippen LogP) is 14.1. The van der Waals surface area contributed by atoms with E-state index in [0.717, 1.165) is 5.30 Å². The molecule has 0 bridgehead atoms. The van der Waals surface area contributed by atoms with Crippen molar-refractivity contribution in [1.82, 2.24) is 4.44 Å². The van der Waals surface area contributed by atoms with Gasteiger partial charge in [-0.2, -0.15) is 13.2 Å². The van der Waals surface area contributed by atoms with Crippen molar-refractivity contribution < 1.29 is 13.2 Å². The molecule has 0 aliphatic heterocycles. The van der Waals surface area contributed by atoms with Gasteiger partial charge < -0.3 is 0 Å². The number of benzene rings is 4. The van der Waals surface area contributed by atoms with Gasteiger partial charge in [0.1, 0.15) is 0 Å². The summed E-state index contributed by atoms with van der Waals surface area (Å²) in [6.07, 6.45) is 10.6. The molecule has 1 atom stereocenters. The van der Waals surface area contributed by atoms with E-state index in [2.05, 4.69) is 102 Å². The highest BCUT2D eigenvalue weighted by molar-refractivity contribution is 7.84. The number of rotatable bonds is 26. The molecule has 4 aromatic carbocycles. The fraction of sp³-hybridized carbons (Fsp3) is 0.520. The molecule has 0 aliphatic rings. The van der Waals surface area contributed by atoms with E-state index in [0.29, 0.717) is 5.30 Å². The van der Waals surface area contributed by atoms with Gasteiger partial charge in [0.05, 0.1) is 21.7 Å². The monoisotopic (exact) mass is 863 g/mol. The fourth-order valence-electron chi connectivity index (χ4n) is 9.12. The smallest absolute Gasteiger partial charge is 0.248 e. The third kappa shape index (κ3) is 12.7. The molecule has 0 fully saturated rings. The average Bonchev–Trinajstić information content (AvgIpc) is 3.24. The average molecular weight is 864 g/mol. The van der Waals surface area contributed by atoms with Crippen molar-refractivity contribution in [1.29, 1.82) is 0 Å². The Labute approximate surface area is 356 Å². The van der Waals surface area contributed by atoms with Crippen molar-refractivity contribution >= 4 is 63.9 Å². The van der Waals surface area contributed by atoms with Crippen LogP contribution in [0.1, 0.15) is 124 Å². The Kier molecular flexibility index (Phi) is 20.4. The second-order valence-corrected chi connectivity index (χ2v) is 30.8. The Bertz CT molecular complexity index is 1610.